The SMILES string of the molecule is O=C(/C=C/c1cn(Cc2ccccc2)nn1)Nc1ccccc1C(=O)Nc1ccc2c(c1)OCO2. The third-order valence-electron chi connectivity index (χ3n) is 5.21. The van der Waals surface area contributed by atoms with E-state index in [1.807, 2.05) is 30.3 Å². The van der Waals surface area contributed by atoms with E-state index in [1.54, 1.807) is 59.4 Å². The van der Waals surface area contributed by atoms with Crippen molar-refractivity contribution in [2.24, 2.45) is 0 Å². The molecule has 0 spiro atoms. The molecule has 0 saturated carbocycles. The molecule has 2 heterocycles. The van der Waals surface area contributed by atoms with Crippen molar-refractivity contribution in [2.45, 2.75) is 6.54 Å². The van der Waals surface area contributed by atoms with Gasteiger partial charge in [-0.25, -0.2) is 4.68 Å². The minimum absolute atomic E-state index is 0.151. The van der Waals surface area contributed by atoms with Crippen LogP contribution in [0.25, 0.3) is 6.08 Å². The number of hydrogen-bond donors (Lipinski definition) is 2. The predicted molar refractivity (Wildman–Crippen MR) is 130 cm³/mol. The molecule has 1 aromatic heterocycles. The Kier molecular flexibility index (Phi) is 6.21. The third kappa shape index (κ3) is 5.36. The predicted octanol–water partition coefficient (Wildman–Crippen LogP) is 3.96. The molecule has 4 aromatic rings. The Labute approximate surface area is 201 Å². The lowest BCUT2D eigenvalue weighted by Gasteiger charge is -2.11. The van der Waals surface area contributed by atoms with Crippen LogP contribution in [-0.2, 0) is 11.3 Å². The molecule has 1 aliphatic rings. The summed E-state index contributed by atoms with van der Waals surface area (Å²) >= 11 is 0. The summed E-state index contributed by atoms with van der Waals surface area (Å²) in [5.74, 6) is 0.427. The Bertz CT molecular complexity index is 1400. The van der Waals surface area contributed by atoms with E-state index in [0.29, 0.717) is 40.7 Å². The summed E-state index contributed by atoms with van der Waals surface area (Å²) in [7, 11) is 0. The number of carbonyl (C=O) groups is 2. The van der Waals surface area contributed by atoms with Crippen LogP contribution < -0.4 is 20.1 Å². The summed E-state index contributed by atoms with van der Waals surface area (Å²) in [5, 5.41) is 13.7. The second-order valence-corrected chi connectivity index (χ2v) is 7.72. The van der Waals surface area contributed by atoms with Gasteiger partial charge in [-0.15, -0.1) is 5.10 Å². The fraction of sp³-hybridized carbons (Fsp3) is 0.0769. The average Bonchev–Trinajstić information content (AvgIpc) is 3.53. The summed E-state index contributed by atoms with van der Waals surface area (Å²) in [4.78, 5) is 25.4. The number of fused-ring (bicyclic) bond motifs is 1. The molecule has 0 bridgehead atoms. The molecule has 0 unspecified atom stereocenters. The van der Waals surface area contributed by atoms with Crippen LogP contribution in [0.2, 0.25) is 0 Å². The minimum atomic E-state index is -0.397. The van der Waals surface area contributed by atoms with E-state index in [4.69, 9.17) is 9.47 Å². The van der Waals surface area contributed by atoms with E-state index < -0.39 is 5.91 Å². The van der Waals surface area contributed by atoms with Crippen LogP contribution >= 0.6 is 0 Å². The lowest BCUT2D eigenvalue weighted by atomic mass is 10.1. The minimum Gasteiger partial charge on any atom is -0.454 e. The summed E-state index contributed by atoms with van der Waals surface area (Å²) in [6.07, 6.45) is 4.67. The molecule has 0 fully saturated rings. The highest BCUT2D eigenvalue weighted by molar-refractivity contribution is 6.11. The van der Waals surface area contributed by atoms with Crippen molar-refractivity contribution >= 4 is 29.3 Å². The average molecular weight is 467 g/mol. The van der Waals surface area contributed by atoms with Gasteiger partial charge in [-0.1, -0.05) is 47.7 Å². The first-order valence-electron chi connectivity index (χ1n) is 10.9. The molecular weight excluding hydrogens is 446 g/mol. The topological polar surface area (TPSA) is 107 Å². The second kappa shape index (κ2) is 9.92. The maximum Gasteiger partial charge on any atom is 0.257 e. The largest absolute Gasteiger partial charge is 0.454 e. The smallest absolute Gasteiger partial charge is 0.257 e. The molecule has 0 atom stereocenters. The summed E-state index contributed by atoms with van der Waals surface area (Å²) in [6, 6.07) is 21.8. The highest BCUT2D eigenvalue weighted by Gasteiger charge is 2.16. The molecule has 174 valence electrons. The Balaban J connectivity index is 1.22. The summed E-state index contributed by atoms with van der Waals surface area (Å²) < 4.78 is 12.3. The Hall–Kier alpha value is -4.92. The molecule has 0 radical (unpaired) electrons. The monoisotopic (exact) mass is 467 g/mol. The lowest BCUT2D eigenvalue weighted by molar-refractivity contribution is -0.111. The Morgan fingerprint density at radius 2 is 1.74 bits per heavy atom. The standard InChI is InChI=1S/C26H21N5O4/c32-25(13-11-20-16-31(30-29-20)15-18-6-2-1-3-7-18)28-22-9-5-4-8-21(22)26(33)27-19-10-12-23-24(14-19)35-17-34-23/h1-14,16H,15,17H2,(H,27,33)(H,28,32)/b13-11+. The molecule has 9 heteroatoms. The number of hydrogen-bond acceptors (Lipinski definition) is 6. The summed E-state index contributed by atoms with van der Waals surface area (Å²) in [6.45, 7) is 0.734. The van der Waals surface area contributed by atoms with Crippen LogP contribution in [0.15, 0.2) is 85.1 Å². The number of nitrogens with zero attached hydrogens (tertiary/aromatic N) is 3. The van der Waals surface area contributed by atoms with Gasteiger partial charge in [-0.05, 0) is 35.9 Å². The zero-order chi connectivity index (χ0) is 24.0. The van der Waals surface area contributed by atoms with Gasteiger partial charge in [0.2, 0.25) is 12.7 Å². The first-order valence-corrected chi connectivity index (χ1v) is 10.9. The van der Waals surface area contributed by atoms with E-state index in [0.717, 1.165) is 5.56 Å². The maximum atomic E-state index is 12.9. The van der Waals surface area contributed by atoms with E-state index in [9.17, 15) is 9.59 Å². The molecule has 0 aliphatic carbocycles. The van der Waals surface area contributed by atoms with Crippen molar-refractivity contribution in [3.05, 3.63) is 102 Å². The van der Waals surface area contributed by atoms with Crippen LogP contribution in [0.1, 0.15) is 21.6 Å². The Morgan fingerprint density at radius 1 is 0.943 bits per heavy atom. The molecule has 0 saturated heterocycles. The molecule has 3 aromatic carbocycles. The van der Waals surface area contributed by atoms with Crippen molar-refractivity contribution in [1.82, 2.24) is 15.0 Å². The number of ether oxygens (including phenoxy) is 2. The van der Waals surface area contributed by atoms with Crippen LogP contribution in [0, 0.1) is 0 Å². The Morgan fingerprint density at radius 3 is 2.63 bits per heavy atom. The zero-order valence-corrected chi connectivity index (χ0v) is 18.5. The fourth-order valence-corrected chi connectivity index (χ4v) is 3.54. The van der Waals surface area contributed by atoms with Gasteiger partial charge in [0, 0.05) is 17.8 Å². The van der Waals surface area contributed by atoms with Gasteiger partial charge in [-0.3, -0.25) is 9.59 Å². The van der Waals surface area contributed by atoms with Crippen molar-refractivity contribution in [3.8, 4) is 11.5 Å². The van der Waals surface area contributed by atoms with Gasteiger partial charge < -0.3 is 20.1 Å². The van der Waals surface area contributed by atoms with Crippen LogP contribution in [0.5, 0.6) is 11.5 Å². The number of para-hydroxylation sites is 1. The molecule has 1 aliphatic heterocycles. The molecular formula is C26H21N5O4. The second-order valence-electron chi connectivity index (χ2n) is 7.72. The van der Waals surface area contributed by atoms with E-state index >= 15 is 0 Å². The van der Waals surface area contributed by atoms with Gasteiger partial charge in [-0.2, -0.15) is 0 Å². The lowest BCUT2D eigenvalue weighted by Crippen LogP contribution is -2.17. The number of anilines is 2. The maximum absolute atomic E-state index is 12.9. The van der Waals surface area contributed by atoms with Crippen LogP contribution in [0.4, 0.5) is 11.4 Å². The van der Waals surface area contributed by atoms with E-state index in [2.05, 4.69) is 20.9 Å². The van der Waals surface area contributed by atoms with Crippen molar-refractivity contribution in [3.63, 3.8) is 0 Å². The number of benzene rings is 3. The molecule has 35 heavy (non-hydrogen) atoms. The summed E-state index contributed by atoms with van der Waals surface area (Å²) in [5.41, 5.74) is 2.90. The number of aromatic nitrogens is 3. The first kappa shape index (κ1) is 21.9. The fourth-order valence-electron chi connectivity index (χ4n) is 3.54. The molecule has 2 N–H and O–H groups in total. The van der Waals surface area contributed by atoms with Gasteiger partial charge >= 0.3 is 0 Å². The van der Waals surface area contributed by atoms with E-state index in [1.165, 1.54) is 6.08 Å². The molecule has 2 amide bonds. The molecule has 9 nitrogen and oxygen atoms in total. The number of carbonyl (C=O) groups excluding carboxylic acids is 2. The molecule has 5 rings (SSSR count). The normalized spacial score (nSPS) is 12.0. The first-order chi connectivity index (χ1) is 17.1. The van der Waals surface area contributed by atoms with Crippen LogP contribution in [0.3, 0.4) is 0 Å². The van der Waals surface area contributed by atoms with Crippen molar-refractivity contribution < 1.29 is 19.1 Å². The van der Waals surface area contributed by atoms with Crippen LogP contribution in [-0.4, -0.2) is 33.6 Å². The van der Waals surface area contributed by atoms with Crippen molar-refractivity contribution in [2.75, 3.05) is 17.4 Å². The third-order valence-corrected chi connectivity index (χ3v) is 5.21. The van der Waals surface area contributed by atoms with E-state index in [-0.39, 0.29) is 12.7 Å². The highest BCUT2D eigenvalue weighted by Crippen LogP contribution is 2.34. The van der Waals surface area contributed by atoms with Crippen molar-refractivity contribution in [1.29, 1.82) is 0 Å². The van der Waals surface area contributed by atoms with Gasteiger partial charge in [0.25, 0.3) is 5.91 Å². The number of amides is 2. The number of rotatable bonds is 7. The quantitative estimate of drug-likeness (QED) is 0.399. The zero-order valence-electron chi connectivity index (χ0n) is 18.5. The van der Waals surface area contributed by atoms with Gasteiger partial charge in [0.05, 0.1) is 24.0 Å². The number of nitrogens with one attached hydrogen (secondary N) is 2. The van der Waals surface area contributed by atoms with Gasteiger partial charge in [0.15, 0.2) is 11.5 Å². The van der Waals surface area contributed by atoms with Gasteiger partial charge in [0.1, 0.15) is 5.69 Å². The highest BCUT2D eigenvalue weighted by atomic mass is 16.7.